The molecule has 6 nitrogen and oxygen atoms in total. The van der Waals surface area contributed by atoms with E-state index in [1.165, 1.54) is 0 Å². The highest BCUT2D eigenvalue weighted by atomic mass is 32.2. The lowest BCUT2D eigenvalue weighted by Gasteiger charge is -2.11. The van der Waals surface area contributed by atoms with E-state index in [0.717, 1.165) is 16.7 Å². The number of ether oxygens (including phenoxy) is 1. The molecule has 0 bridgehead atoms. The second-order valence-electron chi connectivity index (χ2n) is 5.42. The molecule has 3 rings (SSSR count). The highest BCUT2D eigenvalue weighted by Crippen LogP contribution is 2.35. The SMILES string of the molecule is O=C(O)CCOc1cccc(/C=C2/SC(=O)N(c3ccccc3)C2=O)c1. The summed E-state index contributed by atoms with van der Waals surface area (Å²) in [5, 5.41) is 8.30. The molecule has 2 aromatic carbocycles. The van der Waals surface area contributed by atoms with E-state index in [2.05, 4.69) is 0 Å². The van der Waals surface area contributed by atoms with E-state index in [-0.39, 0.29) is 24.2 Å². The minimum absolute atomic E-state index is 0.0588. The van der Waals surface area contributed by atoms with Crippen LogP contribution in [0.2, 0.25) is 0 Å². The lowest BCUT2D eigenvalue weighted by molar-refractivity contribution is -0.137. The average Bonchev–Trinajstić information content (AvgIpc) is 2.89. The predicted molar refractivity (Wildman–Crippen MR) is 99.1 cm³/mol. The minimum Gasteiger partial charge on any atom is -0.493 e. The van der Waals surface area contributed by atoms with E-state index in [0.29, 0.717) is 21.9 Å². The molecule has 0 atom stereocenters. The van der Waals surface area contributed by atoms with E-state index < -0.39 is 5.97 Å². The van der Waals surface area contributed by atoms with Crippen molar-refractivity contribution in [2.24, 2.45) is 0 Å². The monoisotopic (exact) mass is 369 g/mol. The van der Waals surface area contributed by atoms with Gasteiger partial charge in [-0.25, -0.2) is 4.90 Å². The van der Waals surface area contributed by atoms with Crippen molar-refractivity contribution in [2.45, 2.75) is 6.42 Å². The molecule has 2 aromatic rings. The first kappa shape index (κ1) is 17.8. The smallest absolute Gasteiger partial charge is 0.306 e. The summed E-state index contributed by atoms with van der Waals surface area (Å²) in [6.07, 6.45) is 1.53. The number of carbonyl (C=O) groups excluding carboxylic acids is 2. The fraction of sp³-hybridized carbons (Fsp3) is 0.105. The molecule has 0 radical (unpaired) electrons. The molecule has 0 unspecified atom stereocenters. The molecule has 0 spiro atoms. The van der Waals surface area contributed by atoms with Crippen molar-refractivity contribution in [3.8, 4) is 5.75 Å². The molecular weight excluding hydrogens is 354 g/mol. The number of carboxylic acids is 1. The van der Waals surface area contributed by atoms with Crippen molar-refractivity contribution < 1.29 is 24.2 Å². The number of carbonyl (C=O) groups is 3. The van der Waals surface area contributed by atoms with Crippen molar-refractivity contribution in [3.05, 3.63) is 65.1 Å². The maximum absolute atomic E-state index is 12.6. The van der Waals surface area contributed by atoms with Gasteiger partial charge in [-0.15, -0.1) is 0 Å². The number of amides is 2. The molecule has 1 heterocycles. The molecule has 1 N–H and O–H groups in total. The van der Waals surface area contributed by atoms with Crippen molar-refractivity contribution in [1.82, 2.24) is 0 Å². The van der Waals surface area contributed by atoms with Gasteiger partial charge in [0.1, 0.15) is 5.75 Å². The summed E-state index contributed by atoms with van der Waals surface area (Å²) in [6, 6.07) is 15.7. The Labute approximate surface area is 154 Å². The molecule has 1 aliphatic rings. The van der Waals surface area contributed by atoms with Gasteiger partial charge in [0.25, 0.3) is 11.1 Å². The summed E-state index contributed by atoms with van der Waals surface area (Å²) < 4.78 is 5.38. The van der Waals surface area contributed by atoms with Crippen molar-refractivity contribution in [1.29, 1.82) is 0 Å². The number of thioether (sulfide) groups is 1. The Kier molecular flexibility index (Phi) is 5.38. The Hall–Kier alpha value is -3.06. The Morgan fingerprint density at radius 2 is 1.88 bits per heavy atom. The van der Waals surface area contributed by atoms with Crippen molar-refractivity contribution in [3.63, 3.8) is 0 Å². The molecule has 1 aliphatic heterocycles. The number of imide groups is 1. The van der Waals surface area contributed by atoms with Gasteiger partial charge in [-0.05, 0) is 47.7 Å². The Bertz CT molecular complexity index is 879. The van der Waals surface area contributed by atoms with Crippen LogP contribution in [-0.2, 0) is 9.59 Å². The Morgan fingerprint density at radius 3 is 2.62 bits per heavy atom. The first-order valence-corrected chi connectivity index (χ1v) is 8.64. The van der Waals surface area contributed by atoms with Crippen LogP contribution in [0.5, 0.6) is 5.75 Å². The van der Waals surface area contributed by atoms with E-state index >= 15 is 0 Å². The molecule has 1 fully saturated rings. The second kappa shape index (κ2) is 7.88. The minimum atomic E-state index is -0.934. The van der Waals surface area contributed by atoms with Crippen LogP contribution in [0.4, 0.5) is 10.5 Å². The summed E-state index contributed by atoms with van der Waals surface area (Å²) in [6.45, 7) is 0.0588. The van der Waals surface area contributed by atoms with Gasteiger partial charge in [-0.3, -0.25) is 14.4 Å². The molecule has 0 aromatic heterocycles. The van der Waals surface area contributed by atoms with Gasteiger partial charge in [0.15, 0.2) is 0 Å². The summed E-state index contributed by atoms with van der Waals surface area (Å²) in [5.74, 6) is -0.804. The number of benzene rings is 2. The van der Waals surface area contributed by atoms with E-state index in [1.54, 1.807) is 54.6 Å². The van der Waals surface area contributed by atoms with E-state index in [9.17, 15) is 14.4 Å². The topological polar surface area (TPSA) is 83.9 Å². The average molecular weight is 369 g/mol. The molecule has 1 saturated heterocycles. The number of carboxylic acid groups (broad SMARTS) is 1. The number of rotatable bonds is 6. The normalized spacial score (nSPS) is 15.5. The number of anilines is 1. The summed E-state index contributed by atoms with van der Waals surface area (Å²) in [7, 11) is 0. The molecule has 2 amide bonds. The van der Waals surface area contributed by atoms with Gasteiger partial charge in [-0.2, -0.15) is 0 Å². The maximum atomic E-state index is 12.6. The molecule has 7 heteroatoms. The standard InChI is InChI=1S/C19H15NO5S/c21-17(22)9-10-25-15-8-4-5-13(11-15)12-16-18(23)20(19(24)26-16)14-6-2-1-3-7-14/h1-8,11-12H,9-10H2,(H,21,22)/b16-12+. The van der Waals surface area contributed by atoms with Crippen molar-refractivity contribution in [2.75, 3.05) is 11.5 Å². The second-order valence-corrected chi connectivity index (χ2v) is 6.41. The van der Waals surface area contributed by atoms with Crippen molar-refractivity contribution >= 4 is 40.6 Å². The van der Waals surface area contributed by atoms with Crippen LogP contribution in [0.3, 0.4) is 0 Å². The molecule has 0 saturated carbocycles. The predicted octanol–water partition coefficient (Wildman–Crippen LogP) is 3.78. The van der Waals surface area contributed by atoms with Crippen LogP contribution >= 0.6 is 11.8 Å². The summed E-state index contributed by atoms with van der Waals surface area (Å²) >= 11 is 0.879. The molecule has 132 valence electrons. The number of nitrogens with zero attached hydrogens (tertiary/aromatic N) is 1. The highest BCUT2D eigenvalue weighted by Gasteiger charge is 2.36. The highest BCUT2D eigenvalue weighted by molar-refractivity contribution is 8.19. The zero-order chi connectivity index (χ0) is 18.5. The fourth-order valence-electron chi connectivity index (χ4n) is 2.37. The van der Waals surface area contributed by atoms with Gasteiger partial charge in [0, 0.05) is 0 Å². The summed E-state index contributed by atoms with van der Waals surface area (Å²) in [5.41, 5.74) is 1.22. The lowest BCUT2D eigenvalue weighted by Crippen LogP contribution is -2.27. The van der Waals surface area contributed by atoms with Crippen LogP contribution in [0, 0.1) is 0 Å². The van der Waals surface area contributed by atoms with Crippen LogP contribution in [-0.4, -0.2) is 28.8 Å². The molecule has 26 heavy (non-hydrogen) atoms. The maximum Gasteiger partial charge on any atom is 0.306 e. The quantitative estimate of drug-likeness (QED) is 0.780. The van der Waals surface area contributed by atoms with Gasteiger partial charge >= 0.3 is 5.97 Å². The first-order valence-electron chi connectivity index (χ1n) is 7.82. The van der Waals surface area contributed by atoms with Gasteiger partial charge in [0.05, 0.1) is 23.6 Å². The van der Waals surface area contributed by atoms with Gasteiger partial charge in [0.2, 0.25) is 0 Å². The fourth-order valence-corrected chi connectivity index (χ4v) is 3.21. The summed E-state index contributed by atoms with van der Waals surface area (Å²) in [4.78, 5) is 36.8. The zero-order valence-electron chi connectivity index (χ0n) is 13.6. The number of hydrogen-bond acceptors (Lipinski definition) is 5. The molecular formula is C19H15NO5S. The van der Waals surface area contributed by atoms with Crippen LogP contribution < -0.4 is 9.64 Å². The third-order valence-corrected chi connectivity index (χ3v) is 4.42. The first-order chi connectivity index (χ1) is 12.5. The Morgan fingerprint density at radius 1 is 1.12 bits per heavy atom. The third-order valence-electron chi connectivity index (χ3n) is 3.55. The number of para-hydroxylation sites is 1. The van der Waals surface area contributed by atoms with Gasteiger partial charge < -0.3 is 9.84 Å². The molecule has 0 aliphatic carbocycles. The third kappa shape index (κ3) is 4.12. The zero-order valence-corrected chi connectivity index (χ0v) is 14.4. The lowest BCUT2D eigenvalue weighted by atomic mass is 10.2. The van der Waals surface area contributed by atoms with Gasteiger partial charge in [-0.1, -0.05) is 30.3 Å². The largest absolute Gasteiger partial charge is 0.493 e. The number of aliphatic carboxylic acids is 1. The number of hydrogen-bond donors (Lipinski definition) is 1. The van der Waals surface area contributed by atoms with E-state index in [4.69, 9.17) is 9.84 Å². The van der Waals surface area contributed by atoms with Crippen LogP contribution in [0.25, 0.3) is 6.08 Å². The van der Waals surface area contributed by atoms with E-state index in [1.807, 2.05) is 6.07 Å². The van der Waals surface area contributed by atoms with Crippen LogP contribution in [0.1, 0.15) is 12.0 Å². The Balaban J connectivity index is 1.77. The van der Waals surface area contributed by atoms with Crippen LogP contribution in [0.15, 0.2) is 59.5 Å².